The minimum Gasteiger partial charge on any atom is -0.465 e. The maximum atomic E-state index is 13.3. The van der Waals surface area contributed by atoms with Crippen molar-refractivity contribution in [2.45, 2.75) is 12.5 Å². The third-order valence-electron chi connectivity index (χ3n) is 4.07. The van der Waals surface area contributed by atoms with Gasteiger partial charge in [0.2, 0.25) is 0 Å². The van der Waals surface area contributed by atoms with Gasteiger partial charge in [0.05, 0.1) is 13.2 Å². The number of Topliss-reactive ketones (excluding diaryl/α,β-unsaturated/α-hetero) is 1. The van der Waals surface area contributed by atoms with Crippen LogP contribution in [0.5, 0.6) is 0 Å². The maximum Gasteiger partial charge on any atom is 0.343 e. The molecule has 0 N–H and O–H groups in total. The molecule has 1 unspecified atom stereocenters. The number of esters is 1. The monoisotopic (exact) mass is 359 g/mol. The Bertz CT molecular complexity index is 831. The Morgan fingerprint density at radius 1 is 1.16 bits per heavy atom. The van der Waals surface area contributed by atoms with Gasteiger partial charge < -0.3 is 9.64 Å². The minimum absolute atomic E-state index is 0.0305. The molecule has 0 bridgehead atoms. The molecule has 128 valence electrons. The second-order valence-corrected chi connectivity index (χ2v) is 6.05. The van der Waals surface area contributed by atoms with Crippen molar-refractivity contribution in [2.24, 2.45) is 0 Å². The molecule has 0 fully saturated rings. The van der Waals surface area contributed by atoms with E-state index in [4.69, 9.17) is 11.6 Å². The van der Waals surface area contributed by atoms with Crippen LogP contribution in [-0.4, -0.2) is 18.9 Å². The maximum absolute atomic E-state index is 13.3. The van der Waals surface area contributed by atoms with Gasteiger partial charge in [-0.1, -0.05) is 23.7 Å². The van der Waals surface area contributed by atoms with Gasteiger partial charge in [-0.15, -0.1) is 0 Å². The number of nitrogens with zero attached hydrogens (tertiary/aromatic N) is 1. The smallest absolute Gasteiger partial charge is 0.343 e. The highest BCUT2D eigenvalue weighted by Gasteiger charge is 2.33. The first-order valence-corrected chi connectivity index (χ1v) is 8.00. The van der Waals surface area contributed by atoms with Gasteiger partial charge in [0, 0.05) is 23.3 Å². The lowest BCUT2D eigenvalue weighted by molar-refractivity contribution is -0.138. The highest BCUT2D eigenvalue weighted by atomic mass is 35.5. The fourth-order valence-electron chi connectivity index (χ4n) is 2.79. The van der Waals surface area contributed by atoms with E-state index in [1.165, 1.54) is 25.4 Å². The van der Waals surface area contributed by atoms with E-state index >= 15 is 0 Å². The highest BCUT2D eigenvalue weighted by Crippen LogP contribution is 2.35. The molecule has 0 amide bonds. The summed E-state index contributed by atoms with van der Waals surface area (Å²) in [4.78, 5) is 26.0. The Kier molecular flexibility index (Phi) is 4.86. The van der Waals surface area contributed by atoms with Gasteiger partial charge in [0.15, 0.2) is 5.78 Å². The third-order valence-corrected chi connectivity index (χ3v) is 4.32. The van der Waals surface area contributed by atoms with Crippen LogP contribution >= 0.6 is 11.6 Å². The number of benzene rings is 2. The molecule has 1 atom stereocenters. The predicted octanol–water partition coefficient (Wildman–Crippen LogP) is 4.06. The summed E-state index contributed by atoms with van der Waals surface area (Å²) in [6.07, 6.45) is 1.56. The summed E-state index contributed by atoms with van der Waals surface area (Å²) in [5, 5.41) is 0.588. The number of anilines is 1. The molecule has 1 aliphatic rings. The molecule has 0 aliphatic carbocycles. The molecule has 4 nitrogen and oxygen atoms in total. The topological polar surface area (TPSA) is 46.6 Å². The van der Waals surface area contributed by atoms with Crippen molar-refractivity contribution in [2.75, 3.05) is 12.0 Å². The lowest BCUT2D eigenvalue weighted by Crippen LogP contribution is -2.34. The number of hydrogen-bond donors (Lipinski definition) is 0. The number of ketones is 1. The Balaban J connectivity index is 2.08. The van der Waals surface area contributed by atoms with Crippen LogP contribution < -0.4 is 4.90 Å². The molecule has 0 aromatic heterocycles. The van der Waals surface area contributed by atoms with E-state index in [0.717, 1.165) is 5.56 Å². The van der Waals surface area contributed by atoms with Crippen LogP contribution in [0.3, 0.4) is 0 Å². The van der Waals surface area contributed by atoms with Crippen molar-refractivity contribution in [1.82, 2.24) is 0 Å². The zero-order valence-corrected chi connectivity index (χ0v) is 14.2. The molecular weight excluding hydrogens is 345 g/mol. The van der Waals surface area contributed by atoms with E-state index in [0.29, 0.717) is 10.7 Å². The highest BCUT2D eigenvalue weighted by molar-refractivity contribution is 6.30. The first-order chi connectivity index (χ1) is 12.0. The summed E-state index contributed by atoms with van der Waals surface area (Å²) in [5.74, 6) is -1.35. The van der Waals surface area contributed by atoms with Crippen LogP contribution in [0.4, 0.5) is 10.1 Å². The number of ether oxygens (including phenoxy) is 1. The van der Waals surface area contributed by atoms with E-state index < -0.39 is 5.97 Å². The van der Waals surface area contributed by atoms with Crippen LogP contribution in [-0.2, 0) is 14.3 Å². The van der Waals surface area contributed by atoms with Crippen LogP contribution in [0.1, 0.15) is 18.0 Å². The Morgan fingerprint density at radius 2 is 1.80 bits per heavy atom. The zero-order valence-electron chi connectivity index (χ0n) is 13.4. The normalized spacial score (nSPS) is 17.2. The van der Waals surface area contributed by atoms with Gasteiger partial charge in [0.1, 0.15) is 11.4 Å². The summed E-state index contributed by atoms with van der Waals surface area (Å²) in [6, 6.07) is 12.7. The first-order valence-electron chi connectivity index (χ1n) is 7.62. The predicted molar refractivity (Wildman–Crippen MR) is 92.8 cm³/mol. The number of rotatable bonds is 3. The molecule has 2 aromatic carbocycles. The van der Waals surface area contributed by atoms with Gasteiger partial charge in [0.25, 0.3) is 0 Å². The summed E-state index contributed by atoms with van der Waals surface area (Å²) in [5.41, 5.74) is 1.49. The van der Waals surface area contributed by atoms with Crippen LogP contribution in [0, 0.1) is 5.82 Å². The fraction of sp³-hybridized carbons (Fsp3) is 0.158. The SMILES string of the molecule is COC(=O)C1=CN(c2ccc(F)cc2)C(c2ccc(Cl)cc2)CC1=O. The molecule has 0 saturated carbocycles. The quantitative estimate of drug-likeness (QED) is 0.612. The second-order valence-electron chi connectivity index (χ2n) is 5.61. The van der Waals surface area contributed by atoms with E-state index in [9.17, 15) is 14.0 Å². The molecule has 0 radical (unpaired) electrons. The summed E-state index contributed by atoms with van der Waals surface area (Å²) >= 11 is 5.94. The summed E-state index contributed by atoms with van der Waals surface area (Å²) in [7, 11) is 1.23. The van der Waals surface area contributed by atoms with Crippen LogP contribution in [0.25, 0.3) is 0 Å². The van der Waals surface area contributed by atoms with Crippen molar-refractivity contribution < 1.29 is 18.7 Å². The molecule has 0 spiro atoms. The number of methoxy groups -OCH3 is 1. The van der Waals surface area contributed by atoms with E-state index in [2.05, 4.69) is 4.74 Å². The van der Waals surface area contributed by atoms with E-state index in [1.54, 1.807) is 29.2 Å². The van der Waals surface area contributed by atoms with Gasteiger partial charge >= 0.3 is 5.97 Å². The number of carbonyl (C=O) groups is 2. The zero-order chi connectivity index (χ0) is 18.0. The standard InChI is InChI=1S/C19H15ClFNO3/c1-25-19(24)16-11-22(15-8-6-14(21)7-9-15)17(10-18(16)23)12-2-4-13(20)5-3-12/h2-9,11,17H,10H2,1H3. The molecule has 2 aromatic rings. The van der Waals surface area contributed by atoms with Crippen molar-refractivity contribution in [3.63, 3.8) is 0 Å². The molecule has 6 heteroatoms. The van der Waals surface area contributed by atoms with Gasteiger partial charge in [-0.3, -0.25) is 4.79 Å². The average Bonchev–Trinajstić information content (AvgIpc) is 2.62. The number of halogens is 2. The largest absolute Gasteiger partial charge is 0.465 e. The second kappa shape index (κ2) is 7.07. The fourth-order valence-corrected chi connectivity index (χ4v) is 2.92. The molecule has 1 heterocycles. The number of hydrogen-bond acceptors (Lipinski definition) is 4. The summed E-state index contributed by atoms with van der Waals surface area (Å²) in [6.45, 7) is 0. The number of carbonyl (C=O) groups excluding carboxylic acids is 2. The Morgan fingerprint density at radius 3 is 2.40 bits per heavy atom. The first kappa shape index (κ1) is 17.2. The third kappa shape index (κ3) is 3.56. The summed E-state index contributed by atoms with van der Waals surface area (Å²) < 4.78 is 18.0. The van der Waals surface area contributed by atoms with Crippen LogP contribution in [0.2, 0.25) is 5.02 Å². The molecule has 1 aliphatic heterocycles. The van der Waals surface area contributed by atoms with Gasteiger partial charge in [-0.2, -0.15) is 0 Å². The van der Waals surface area contributed by atoms with Crippen molar-refractivity contribution in [3.8, 4) is 0 Å². The lowest BCUT2D eigenvalue weighted by atomic mass is 9.92. The molecule has 0 saturated heterocycles. The van der Waals surface area contributed by atoms with Crippen molar-refractivity contribution in [3.05, 3.63) is 76.7 Å². The van der Waals surface area contributed by atoms with E-state index in [1.807, 2.05) is 12.1 Å². The molecular formula is C19H15ClFNO3. The Hall–Kier alpha value is -2.66. The van der Waals surface area contributed by atoms with Gasteiger partial charge in [-0.05, 0) is 42.0 Å². The van der Waals surface area contributed by atoms with Crippen LogP contribution in [0.15, 0.2) is 60.3 Å². The molecule has 25 heavy (non-hydrogen) atoms. The Labute approximate surface area is 149 Å². The van der Waals surface area contributed by atoms with Crippen molar-refractivity contribution in [1.29, 1.82) is 0 Å². The van der Waals surface area contributed by atoms with Crippen molar-refractivity contribution >= 4 is 29.0 Å². The molecule has 3 rings (SSSR count). The lowest BCUT2D eigenvalue weighted by Gasteiger charge is -2.34. The van der Waals surface area contributed by atoms with E-state index in [-0.39, 0.29) is 29.6 Å². The minimum atomic E-state index is -0.688. The van der Waals surface area contributed by atoms with Gasteiger partial charge in [-0.25, -0.2) is 9.18 Å². The average molecular weight is 360 g/mol.